The second kappa shape index (κ2) is 8.25. The van der Waals surface area contributed by atoms with Gasteiger partial charge in [-0.05, 0) is 44.1 Å². The number of benzene rings is 1. The molecule has 20 heavy (non-hydrogen) atoms. The number of likely N-dealkylation sites (N-methyl/N-ethyl adjacent to an activating group) is 1. The van der Waals surface area contributed by atoms with Crippen molar-refractivity contribution >= 4 is 5.69 Å². The predicted octanol–water partition coefficient (Wildman–Crippen LogP) is 1.58. The molecule has 1 aliphatic heterocycles. The third kappa shape index (κ3) is 5.12. The molecule has 0 atom stereocenters. The Bertz CT molecular complexity index is 369. The molecule has 3 N–H and O–H groups in total. The SMILES string of the molecule is CN1CCN(Cc2ccc(NCCCCN)cc2)CC1. The van der Waals surface area contributed by atoms with Gasteiger partial charge in [-0.25, -0.2) is 0 Å². The Morgan fingerprint density at radius 2 is 1.75 bits per heavy atom. The molecule has 0 spiro atoms. The zero-order valence-electron chi connectivity index (χ0n) is 12.6. The van der Waals surface area contributed by atoms with Crippen molar-refractivity contribution in [1.82, 2.24) is 9.80 Å². The van der Waals surface area contributed by atoms with E-state index in [1.807, 2.05) is 0 Å². The van der Waals surface area contributed by atoms with Gasteiger partial charge in [0.1, 0.15) is 0 Å². The van der Waals surface area contributed by atoms with Crippen LogP contribution in [0.3, 0.4) is 0 Å². The van der Waals surface area contributed by atoms with Crippen LogP contribution < -0.4 is 11.1 Å². The van der Waals surface area contributed by atoms with Crippen LogP contribution in [0.25, 0.3) is 0 Å². The lowest BCUT2D eigenvalue weighted by Crippen LogP contribution is -2.43. The van der Waals surface area contributed by atoms with Crippen molar-refractivity contribution in [3.63, 3.8) is 0 Å². The Morgan fingerprint density at radius 1 is 1.05 bits per heavy atom. The summed E-state index contributed by atoms with van der Waals surface area (Å²) in [5.74, 6) is 0. The Hall–Kier alpha value is -1.10. The summed E-state index contributed by atoms with van der Waals surface area (Å²) in [7, 11) is 2.20. The zero-order chi connectivity index (χ0) is 14.2. The van der Waals surface area contributed by atoms with Crippen LogP contribution in [0.15, 0.2) is 24.3 Å². The molecular weight excluding hydrogens is 248 g/mol. The minimum atomic E-state index is 0.783. The first-order valence-electron chi connectivity index (χ1n) is 7.72. The summed E-state index contributed by atoms with van der Waals surface area (Å²) >= 11 is 0. The monoisotopic (exact) mass is 276 g/mol. The third-order valence-corrected chi connectivity index (χ3v) is 3.92. The average Bonchev–Trinajstić information content (AvgIpc) is 2.48. The third-order valence-electron chi connectivity index (χ3n) is 3.92. The molecule has 1 aromatic rings. The molecule has 1 fully saturated rings. The molecule has 0 saturated carbocycles. The molecule has 0 aromatic heterocycles. The number of piperazine rings is 1. The van der Waals surface area contributed by atoms with Gasteiger partial charge in [-0.2, -0.15) is 0 Å². The van der Waals surface area contributed by atoms with E-state index in [1.54, 1.807) is 0 Å². The maximum absolute atomic E-state index is 5.49. The van der Waals surface area contributed by atoms with Crippen molar-refractivity contribution in [2.75, 3.05) is 51.6 Å². The number of hydrogen-bond acceptors (Lipinski definition) is 4. The van der Waals surface area contributed by atoms with Gasteiger partial charge in [0.25, 0.3) is 0 Å². The summed E-state index contributed by atoms with van der Waals surface area (Å²) in [5.41, 5.74) is 8.11. The summed E-state index contributed by atoms with van der Waals surface area (Å²) < 4.78 is 0. The molecule has 4 heteroatoms. The van der Waals surface area contributed by atoms with Gasteiger partial charge in [0.2, 0.25) is 0 Å². The summed E-state index contributed by atoms with van der Waals surface area (Å²) in [6.07, 6.45) is 2.23. The molecule has 1 aliphatic rings. The normalized spacial score (nSPS) is 17.3. The minimum Gasteiger partial charge on any atom is -0.385 e. The number of nitrogens with two attached hydrogens (primary N) is 1. The highest BCUT2D eigenvalue weighted by Crippen LogP contribution is 2.12. The molecule has 0 bridgehead atoms. The van der Waals surface area contributed by atoms with E-state index in [9.17, 15) is 0 Å². The van der Waals surface area contributed by atoms with Crippen molar-refractivity contribution < 1.29 is 0 Å². The van der Waals surface area contributed by atoms with Gasteiger partial charge in [-0.15, -0.1) is 0 Å². The van der Waals surface area contributed by atoms with Crippen LogP contribution in [0.1, 0.15) is 18.4 Å². The van der Waals surface area contributed by atoms with Crippen LogP contribution in [-0.2, 0) is 6.54 Å². The van der Waals surface area contributed by atoms with Crippen LogP contribution in [0, 0.1) is 0 Å². The molecular formula is C16H28N4. The van der Waals surface area contributed by atoms with Gasteiger partial charge in [0, 0.05) is 45.0 Å². The largest absolute Gasteiger partial charge is 0.385 e. The molecule has 4 nitrogen and oxygen atoms in total. The molecule has 0 radical (unpaired) electrons. The molecule has 1 aromatic carbocycles. The Kier molecular flexibility index (Phi) is 6.30. The summed E-state index contributed by atoms with van der Waals surface area (Å²) in [4.78, 5) is 4.93. The Balaban J connectivity index is 1.73. The standard InChI is InChI=1S/C16H28N4/c1-19-10-12-20(13-11-19)14-15-4-6-16(7-5-15)18-9-3-2-8-17/h4-7,18H,2-3,8-14,17H2,1H3. The zero-order valence-corrected chi connectivity index (χ0v) is 12.6. The van der Waals surface area contributed by atoms with Crippen molar-refractivity contribution in [3.05, 3.63) is 29.8 Å². The smallest absolute Gasteiger partial charge is 0.0340 e. The van der Waals surface area contributed by atoms with E-state index in [2.05, 4.69) is 46.4 Å². The van der Waals surface area contributed by atoms with Crippen LogP contribution >= 0.6 is 0 Å². The second-order valence-electron chi connectivity index (χ2n) is 5.70. The fraction of sp³-hybridized carbons (Fsp3) is 0.625. The molecule has 1 saturated heterocycles. The lowest BCUT2D eigenvalue weighted by Gasteiger charge is -2.32. The maximum Gasteiger partial charge on any atom is 0.0340 e. The number of anilines is 1. The van der Waals surface area contributed by atoms with Crippen molar-refractivity contribution in [2.24, 2.45) is 5.73 Å². The summed E-state index contributed by atoms with van der Waals surface area (Å²) in [6, 6.07) is 8.86. The lowest BCUT2D eigenvalue weighted by molar-refractivity contribution is 0.148. The van der Waals surface area contributed by atoms with Gasteiger partial charge in [-0.3, -0.25) is 4.90 Å². The van der Waals surface area contributed by atoms with E-state index in [0.717, 1.165) is 32.5 Å². The van der Waals surface area contributed by atoms with E-state index < -0.39 is 0 Å². The van der Waals surface area contributed by atoms with Crippen molar-refractivity contribution in [3.8, 4) is 0 Å². The Morgan fingerprint density at radius 3 is 2.40 bits per heavy atom. The second-order valence-corrected chi connectivity index (χ2v) is 5.70. The van der Waals surface area contributed by atoms with E-state index >= 15 is 0 Å². The fourth-order valence-electron chi connectivity index (χ4n) is 2.49. The Labute approximate surface area is 122 Å². The predicted molar refractivity (Wildman–Crippen MR) is 86.0 cm³/mol. The highest BCUT2D eigenvalue weighted by Gasteiger charge is 2.13. The molecule has 112 valence electrons. The first-order chi connectivity index (χ1) is 9.78. The first kappa shape index (κ1) is 15.3. The quantitative estimate of drug-likeness (QED) is 0.742. The van der Waals surface area contributed by atoms with Crippen LogP contribution in [-0.4, -0.2) is 56.1 Å². The molecule has 0 amide bonds. The topological polar surface area (TPSA) is 44.5 Å². The molecule has 1 heterocycles. The van der Waals surface area contributed by atoms with Crippen LogP contribution in [0.2, 0.25) is 0 Å². The lowest BCUT2D eigenvalue weighted by atomic mass is 10.1. The summed E-state index contributed by atoms with van der Waals surface area (Å²) in [6.45, 7) is 7.58. The van der Waals surface area contributed by atoms with Crippen LogP contribution in [0.4, 0.5) is 5.69 Å². The highest BCUT2D eigenvalue weighted by atomic mass is 15.2. The molecule has 0 aliphatic carbocycles. The fourth-order valence-corrected chi connectivity index (χ4v) is 2.49. The van der Waals surface area contributed by atoms with E-state index in [1.165, 1.54) is 37.4 Å². The minimum absolute atomic E-state index is 0.783. The highest BCUT2D eigenvalue weighted by molar-refractivity contribution is 5.44. The number of nitrogens with zero attached hydrogens (tertiary/aromatic N) is 2. The number of hydrogen-bond donors (Lipinski definition) is 2. The maximum atomic E-state index is 5.49. The van der Waals surface area contributed by atoms with Gasteiger partial charge < -0.3 is 16.0 Å². The van der Waals surface area contributed by atoms with E-state index in [4.69, 9.17) is 5.73 Å². The van der Waals surface area contributed by atoms with Gasteiger partial charge in [-0.1, -0.05) is 12.1 Å². The molecule has 0 unspecified atom stereocenters. The number of unbranched alkanes of at least 4 members (excludes halogenated alkanes) is 1. The van der Waals surface area contributed by atoms with Gasteiger partial charge >= 0.3 is 0 Å². The van der Waals surface area contributed by atoms with Crippen molar-refractivity contribution in [2.45, 2.75) is 19.4 Å². The van der Waals surface area contributed by atoms with E-state index in [-0.39, 0.29) is 0 Å². The summed E-state index contributed by atoms with van der Waals surface area (Å²) in [5, 5.41) is 3.44. The van der Waals surface area contributed by atoms with Crippen LogP contribution in [0.5, 0.6) is 0 Å². The van der Waals surface area contributed by atoms with Gasteiger partial charge in [0.05, 0.1) is 0 Å². The number of nitrogens with one attached hydrogen (secondary N) is 1. The average molecular weight is 276 g/mol. The van der Waals surface area contributed by atoms with E-state index in [0.29, 0.717) is 0 Å². The molecule has 2 rings (SSSR count). The number of rotatable bonds is 7. The first-order valence-corrected chi connectivity index (χ1v) is 7.72. The van der Waals surface area contributed by atoms with Gasteiger partial charge in [0.15, 0.2) is 0 Å². The van der Waals surface area contributed by atoms with Crippen molar-refractivity contribution in [1.29, 1.82) is 0 Å².